The van der Waals surface area contributed by atoms with E-state index in [0.29, 0.717) is 0 Å². The zero-order valence-electron chi connectivity index (χ0n) is 8.75. The van der Waals surface area contributed by atoms with Crippen LogP contribution in [0.1, 0.15) is 6.92 Å². The van der Waals surface area contributed by atoms with E-state index in [1.54, 1.807) is 6.92 Å². The normalized spacial score (nSPS) is 13.2. The number of nitrogens with zero attached hydrogens (tertiary/aromatic N) is 1. The summed E-state index contributed by atoms with van der Waals surface area (Å²) in [5.41, 5.74) is 5.08. The molecule has 0 bridgehead atoms. The lowest BCUT2D eigenvalue weighted by atomic mass is 10.4. The molecule has 4 N–H and O–H groups in total. The molecule has 1 unspecified atom stereocenters. The van der Waals surface area contributed by atoms with Crippen molar-refractivity contribution in [2.75, 3.05) is 18.1 Å². The average Bonchev–Trinajstić information content (AvgIpc) is 2.24. The zero-order chi connectivity index (χ0) is 12.6. The highest BCUT2D eigenvalue weighted by molar-refractivity contribution is 8.00. The molecule has 0 amide bonds. The Morgan fingerprint density at radius 1 is 1.56 bits per heavy atom. The van der Waals surface area contributed by atoms with E-state index in [9.17, 15) is 9.59 Å². The molecule has 92 valence electrons. The maximum Gasteiger partial charge on any atom is 0.356 e. The highest BCUT2D eigenvalue weighted by atomic mass is 32.2. The molecule has 1 atom stereocenters. The Bertz CT molecular complexity index is 282. The fourth-order valence-corrected chi connectivity index (χ4v) is 1.58. The van der Waals surface area contributed by atoms with Crippen LogP contribution in [0.2, 0.25) is 0 Å². The number of esters is 1. The SMILES string of the molecule is CCOC(=O)/C(CSCC(N)C(=O)O)=N/O. The molecule has 0 radical (unpaired) electrons. The molecule has 0 saturated heterocycles. The van der Waals surface area contributed by atoms with Crippen molar-refractivity contribution >= 4 is 29.4 Å². The van der Waals surface area contributed by atoms with E-state index in [4.69, 9.17) is 16.0 Å². The number of rotatable bonds is 7. The summed E-state index contributed by atoms with van der Waals surface area (Å²) in [5, 5.41) is 19.8. The third-order valence-corrected chi connectivity index (χ3v) is 2.56. The van der Waals surface area contributed by atoms with Crippen molar-refractivity contribution < 1.29 is 24.6 Å². The Balaban J connectivity index is 3.98. The van der Waals surface area contributed by atoms with E-state index < -0.39 is 18.0 Å². The Morgan fingerprint density at radius 3 is 2.62 bits per heavy atom. The summed E-state index contributed by atoms with van der Waals surface area (Å²) in [7, 11) is 0. The molecule has 0 fully saturated rings. The van der Waals surface area contributed by atoms with Crippen molar-refractivity contribution in [1.29, 1.82) is 0 Å². The lowest BCUT2D eigenvalue weighted by Crippen LogP contribution is -2.33. The van der Waals surface area contributed by atoms with Gasteiger partial charge in [-0.2, -0.15) is 11.8 Å². The third kappa shape index (κ3) is 5.56. The Morgan fingerprint density at radius 2 is 2.19 bits per heavy atom. The van der Waals surface area contributed by atoms with Crippen molar-refractivity contribution in [1.82, 2.24) is 0 Å². The van der Waals surface area contributed by atoms with Crippen LogP contribution in [0.15, 0.2) is 5.16 Å². The van der Waals surface area contributed by atoms with Crippen LogP contribution >= 0.6 is 11.8 Å². The number of nitrogens with two attached hydrogens (primary N) is 1. The molecule has 0 aliphatic carbocycles. The van der Waals surface area contributed by atoms with Crippen molar-refractivity contribution in [2.24, 2.45) is 10.9 Å². The summed E-state index contributed by atoms with van der Waals surface area (Å²) >= 11 is 1.08. The van der Waals surface area contributed by atoms with Gasteiger partial charge in [0.15, 0.2) is 5.71 Å². The summed E-state index contributed by atoms with van der Waals surface area (Å²) in [6.07, 6.45) is 0. The number of carboxylic acid groups (broad SMARTS) is 1. The molecular formula is C8H14N2O5S. The molecular weight excluding hydrogens is 236 g/mol. The van der Waals surface area contributed by atoms with E-state index >= 15 is 0 Å². The predicted octanol–water partition coefficient (Wildman–Crippen LogP) is -0.475. The van der Waals surface area contributed by atoms with Crippen molar-refractivity contribution in [3.63, 3.8) is 0 Å². The fourth-order valence-electron chi connectivity index (χ4n) is 0.697. The molecule has 0 aromatic heterocycles. The first-order valence-corrected chi connectivity index (χ1v) is 5.62. The standard InChI is InChI=1S/C8H14N2O5S/c1-2-15-8(13)6(10-14)4-16-3-5(9)7(11)12/h5,14H,2-4,9H2,1H3,(H,11,12)/b10-6+. The van der Waals surface area contributed by atoms with Gasteiger partial charge in [-0.25, -0.2) is 4.79 Å². The second-order valence-electron chi connectivity index (χ2n) is 2.73. The summed E-state index contributed by atoms with van der Waals surface area (Å²) in [6.45, 7) is 1.80. The topological polar surface area (TPSA) is 122 Å². The average molecular weight is 250 g/mol. The van der Waals surface area contributed by atoms with Crippen molar-refractivity contribution in [3.05, 3.63) is 0 Å². The van der Waals surface area contributed by atoms with E-state index in [1.807, 2.05) is 0 Å². The molecule has 16 heavy (non-hydrogen) atoms. The molecule has 0 spiro atoms. The van der Waals surface area contributed by atoms with Crippen LogP contribution in [0.3, 0.4) is 0 Å². The van der Waals surface area contributed by atoms with Gasteiger partial charge in [0, 0.05) is 11.5 Å². The smallest absolute Gasteiger partial charge is 0.356 e. The summed E-state index contributed by atoms with van der Waals surface area (Å²) in [6, 6.07) is -1.01. The number of carbonyl (C=O) groups is 2. The molecule has 0 aromatic carbocycles. The van der Waals surface area contributed by atoms with Crippen LogP contribution < -0.4 is 5.73 Å². The third-order valence-electron chi connectivity index (χ3n) is 1.49. The van der Waals surface area contributed by atoms with Gasteiger partial charge in [-0.15, -0.1) is 0 Å². The molecule has 0 saturated carbocycles. The molecule has 0 aliphatic rings. The maximum absolute atomic E-state index is 11.1. The second kappa shape index (κ2) is 7.94. The number of carbonyl (C=O) groups excluding carboxylic acids is 1. The molecule has 0 aliphatic heterocycles. The minimum atomic E-state index is -1.12. The van der Waals surface area contributed by atoms with E-state index in [-0.39, 0.29) is 23.8 Å². The number of hydrogen-bond donors (Lipinski definition) is 3. The lowest BCUT2D eigenvalue weighted by Gasteiger charge is -2.06. The van der Waals surface area contributed by atoms with Crippen LogP contribution in [-0.2, 0) is 14.3 Å². The lowest BCUT2D eigenvalue weighted by molar-refractivity contribution is -0.138. The first kappa shape index (κ1) is 14.7. The van der Waals surface area contributed by atoms with Gasteiger partial charge in [-0.05, 0) is 6.92 Å². The number of hydrogen-bond acceptors (Lipinski definition) is 7. The zero-order valence-corrected chi connectivity index (χ0v) is 9.57. The number of aliphatic carboxylic acids is 1. The van der Waals surface area contributed by atoms with Gasteiger partial charge in [0.05, 0.1) is 6.61 Å². The molecule has 0 aromatic rings. The maximum atomic E-state index is 11.1. The number of thioether (sulfide) groups is 1. The fraction of sp³-hybridized carbons (Fsp3) is 0.625. The minimum Gasteiger partial charge on any atom is -0.480 e. The number of carboxylic acids is 1. The largest absolute Gasteiger partial charge is 0.480 e. The molecule has 8 heteroatoms. The van der Waals surface area contributed by atoms with Crippen LogP contribution in [0.5, 0.6) is 0 Å². The van der Waals surface area contributed by atoms with Crippen LogP contribution in [-0.4, -0.2) is 52.1 Å². The van der Waals surface area contributed by atoms with Gasteiger partial charge in [-0.3, -0.25) is 4.79 Å². The van der Waals surface area contributed by atoms with E-state index in [2.05, 4.69) is 9.89 Å². The van der Waals surface area contributed by atoms with E-state index in [1.165, 1.54) is 0 Å². The molecule has 0 heterocycles. The summed E-state index contributed by atoms with van der Waals surface area (Å²) in [5.74, 6) is -1.67. The van der Waals surface area contributed by atoms with Gasteiger partial charge in [0.25, 0.3) is 0 Å². The van der Waals surface area contributed by atoms with Crippen LogP contribution in [0, 0.1) is 0 Å². The van der Waals surface area contributed by atoms with Crippen molar-refractivity contribution in [3.8, 4) is 0 Å². The minimum absolute atomic E-state index is 0.0519. The number of ether oxygens (including phenoxy) is 1. The van der Waals surface area contributed by atoms with Crippen LogP contribution in [0.25, 0.3) is 0 Å². The Labute approximate surface area is 96.6 Å². The second-order valence-corrected chi connectivity index (χ2v) is 3.76. The van der Waals surface area contributed by atoms with Crippen LogP contribution in [0.4, 0.5) is 0 Å². The first-order valence-electron chi connectivity index (χ1n) is 4.47. The van der Waals surface area contributed by atoms with Gasteiger partial charge >= 0.3 is 11.9 Å². The van der Waals surface area contributed by atoms with Gasteiger partial charge in [0.1, 0.15) is 6.04 Å². The van der Waals surface area contributed by atoms with Gasteiger partial charge in [-0.1, -0.05) is 5.16 Å². The molecule has 0 rings (SSSR count). The van der Waals surface area contributed by atoms with Gasteiger partial charge < -0.3 is 20.8 Å². The predicted molar refractivity (Wildman–Crippen MR) is 58.8 cm³/mol. The van der Waals surface area contributed by atoms with Crippen molar-refractivity contribution in [2.45, 2.75) is 13.0 Å². The summed E-state index contributed by atoms with van der Waals surface area (Å²) < 4.78 is 4.61. The monoisotopic (exact) mass is 250 g/mol. The Hall–Kier alpha value is -1.28. The quantitative estimate of drug-likeness (QED) is 0.241. The Kier molecular flexibility index (Phi) is 7.31. The van der Waals surface area contributed by atoms with E-state index in [0.717, 1.165) is 11.8 Å². The summed E-state index contributed by atoms with van der Waals surface area (Å²) in [4.78, 5) is 21.5. The number of oxime groups is 1. The van der Waals surface area contributed by atoms with Gasteiger partial charge in [0.2, 0.25) is 0 Å². The highest BCUT2D eigenvalue weighted by Crippen LogP contribution is 2.04. The highest BCUT2D eigenvalue weighted by Gasteiger charge is 2.16. The molecule has 7 nitrogen and oxygen atoms in total. The first-order chi connectivity index (χ1) is 7.52.